The monoisotopic (exact) mass is 379 g/mol. The van der Waals surface area contributed by atoms with Crippen LogP contribution in [-0.4, -0.2) is 15.7 Å². The predicted molar refractivity (Wildman–Crippen MR) is 74.8 cm³/mol. The third-order valence-corrected chi connectivity index (χ3v) is 3.94. The molecule has 2 aromatic rings. The Balaban J connectivity index is 1.92. The fourth-order valence-corrected chi connectivity index (χ4v) is 2.33. The van der Waals surface area contributed by atoms with Gasteiger partial charge in [-0.15, -0.1) is 0 Å². The second kappa shape index (κ2) is 6.55. The van der Waals surface area contributed by atoms with Crippen LogP contribution >= 0.6 is 15.9 Å². The van der Waals surface area contributed by atoms with Gasteiger partial charge in [0, 0.05) is 6.42 Å². The number of amides is 1. The van der Waals surface area contributed by atoms with E-state index in [0.29, 0.717) is 11.5 Å². The molecule has 1 N–H and O–H groups in total. The van der Waals surface area contributed by atoms with Crippen LogP contribution in [0.4, 0.5) is 13.2 Å². The minimum atomic E-state index is -4.53. The summed E-state index contributed by atoms with van der Waals surface area (Å²) >= 11 is 2.88. The van der Waals surface area contributed by atoms with Crippen molar-refractivity contribution in [3.8, 4) is 0 Å². The molecule has 1 amide bonds. The van der Waals surface area contributed by atoms with Gasteiger partial charge in [0.05, 0.1) is 29.5 Å². The summed E-state index contributed by atoms with van der Waals surface area (Å²) in [5.74, 6) is 0.307. The average Bonchev–Trinajstić information content (AvgIpc) is 3.04. The quantitative estimate of drug-likeness (QED) is 0.866. The van der Waals surface area contributed by atoms with Crippen molar-refractivity contribution in [1.82, 2.24) is 15.1 Å². The molecule has 0 atom stereocenters. The zero-order valence-electron chi connectivity index (χ0n) is 11.6. The Morgan fingerprint density at radius 3 is 2.77 bits per heavy atom. The van der Waals surface area contributed by atoms with Crippen LogP contribution < -0.4 is 5.32 Å². The fourth-order valence-electron chi connectivity index (χ4n) is 1.82. The number of carbonyl (C=O) groups excluding carboxylic acids is 1. The number of rotatable bonds is 5. The minimum Gasteiger partial charge on any atom is -0.467 e. The van der Waals surface area contributed by atoms with E-state index in [0.717, 1.165) is 0 Å². The first kappa shape index (κ1) is 16.6. The summed E-state index contributed by atoms with van der Waals surface area (Å²) in [6, 6.07) is 3.41. The van der Waals surface area contributed by atoms with Crippen molar-refractivity contribution in [3.63, 3.8) is 0 Å². The van der Waals surface area contributed by atoms with Crippen molar-refractivity contribution in [1.29, 1.82) is 0 Å². The van der Waals surface area contributed by atoms with E-state index < -0.39 is 11.9 Å². The predicted octanol–water partition coefficient (Wildman–Crippen LogP) is 3.27. The van der Waals surface area contributed by atoms with Gasteiger partial charge in [0.25, 0.3) is 0 Å². The van der Waals surface area contributed by atoms with Crippen molar-refractivity contribution >= 4 is 21.8 Å². The third kappa shape index (κ3) is 3.90. The highest BCUT2D eigenvalue weighted by atomic mass is 79.9. The van der Waals surface area contributed by atoms with Gasteiger partial charge in [-0.05, 0) is 35.0 Å². The molecule has 0 aliphatic rings. The Morgan fingerprint density at radius 2 is 2.23 bits per heavy atom. The van der Waals surface area contributed by atoms with E-state index in [1.807, 2.05) is 0 Å². The molecule has 0 saturated heterocycles. The van der Waals surface area contributed by atoms with E-state index in [2.05, 4.69) is 26.3 Å². The van der Waals surface area contributed by atoms with Crippen molar-refractivity contribution < 1.29 is 22.4 Å². The molecule has 120 valence electrons. The van der Waals surface area contributed by atoms with Crippen LogP contribution in [0.2, 0.25) is 0 Å². The molecule has 0 aliphatic carbocycles. The summed E-state index contributed by atoms with van der Waals surface area (Å²) in [4.78, 5) is 11.7. The maximum Gasteiger partial charge on any atom is 0.436 e. The lowest BCUT2D eigenvalue weighted by Crippen LogP contribution is -2.24. The molecule has 0 unspecified atom stereocenters. The first-order valence-corrected chi connectivity index (χ1v) is 7.17. The number of hydrogen-bond donors (Lipinski definition) is 1. The number of hydrogen-bond acceptors (Lipinski definition) is 3. The zero-order valence-corrected chi connectivity index (χ0v) is 13.2. The molecule has 5 nitrogen and oxygen atoms in total. The third-order valence-electron chi connectivity index (χ3n) is 2.99. The fraction of sp³-hybridized carbons (Fsp3) is 0.385. The number of furan rings is 1. The van der Waals surface area contributed by atoms with Gasteiger partial charge in [0.15, 0.2) is 5.69 Å². The van der Waals surface area contributed by atoms with E-state index in [4.69, 9.17) is 4.42 Å². The molecule has 0 fully saturated rings. The summed E-state index contributed by atoms with van der Waals surface area (Å²) in [6.07, 6.45) is -3.02. The summed E-state index contributed by atoms with van der Waals surface area (Å²) in [5, 5.41) is 6.13. The second-order valence-electron chi connectivity index (χ2n) is 4.57. The summed E-state index contributed by atoms with van der Waals surface area (Å²) in [6.45, 7) is 1.80. The molecule has 2 heterocycles. The maximum absolute atomic E-state index is 12.7. The number of nitrogens with one attached hydrogen (secondary N) is 1. The van der Waals surface area contributed by atoms with Gasteiger partial charge >= 0.3 is 6.18 Å². The van der Waals surface area contributed by atoms with Crippen LogP contribution in [0.1, 0.15) is 23.6 Å². The number of halogens is 4. The molecule has 2 aromatic heterocycles. The van der Waals surface area contributed by atoms with Crippen LogP contribution in [0.25, 0.3) is 0 Å². The van der Waals surface area contributed by atoms with Gasteiger partial charge < -0.3 is 9.73 Å². The lowest BCUT2D eigenvalue weighted by molar-refractivity contribution is -0.142. The van der Waals surface area contributed by atoms with Crippen LogP contribution in [0.3, 0.4) is 0 Å². The lowest BCUT2D eigenvalue weighted by Gasteiger charge is -2.05. The lowest BCUT2D eigenvalue weighted by atomic mass is 10.3. The molecular weight excluding hydrogens is 367 g/mol. The van der Waals surface area contributed by atoms with E-state index in [9.17, 15) is 18.0 Å². The second-order valence-corrected chi connectivity index (χ2v) is 5.37. The molecule has 22 heavy (non-hydrogen) atoms. The Kier molecular flexibility index (Phi) is 4.94. The Morgan fingerprint density at radius 1 is 1.50 bits per heavy atom. The highest BCUT2D eigenvalue weighted by molar-refractivity contribution is 9.10. The van der Waals surface area contributed by atoms with Crippen LogP contribution in [-0.2, 0) is 24.1 Å². The summed E-state index contributed by atoms with van der Waals surface area (Å²) < 4.78 is 44.3. The van der Waals surface area contributed by atoms with E-state index in [-0.39, 0.29) is 29.9 Å². The molecule has 0 spiro atoms. The molecule has 0 saturated carbocycles. The largest absolute Gasteiger partial charge is 0.467 e. The number of aromatic nitrogens is 2. The van der Waals surface area contributed by atoms with E-state index in [1.54, 1.807) is 12.1 Å². The Bertz CT molecular complexity index is 650. The molecular formula is C13H13BrF3N3O2. The van der Waals surface area contributed by atoms with Gasteiger partial charge in [-0.25, -0.2) is 0 Å². The minimum absolute atomic E-state index is 0.0208. The Labute approximate surface area is 132 Å². The van der Waals surface area contributed by atoms with Gasteiger partial charge in [0.1, 0.15) is 5.76 Å². The summed E-state index contributed by atoms with van der Waals surface area (Å²) in [7, 11) is 0. The highest BCUT2D eigenvalue weighted by Crippen LogP contribution is 2.35. The van der Waals surface area contributed by atoms with Gasteiger partial charge in [-0.3, -0.25) is 9.48 Å². The van der Waals surface area contributed by atoms with Crippen LogP contribution in [0.15, 0.2) is 27.3 Å². The molecule has 2 rings (SSSR count). The first-order valence-electron chi connectivity index (χ1n) is 6.38. The molecule has 0 aliphatic heterocycles. The maximum atomic E-state index is 12.7. The average molecular weight is 380 g/mol. The smallest absolute Gasteiger partial charge is 0.436 e. The van der Waals surface area contributed by atoms with Gasteiger partial charge in [-0.2, -0.15) is 18.3 Å². The van der Waals surface area contributed by atoms with Crippen LogP contribution in [0.5, 0.6) is 0 Å². The highest BCUT2D eigenvalue weighted by Gasteiger charge is 2.37. The molecule has 0 bridgehead atoms. The Hall–Kier alpha value is -1.77. The zero-order chi connectivity index (χ0) is 16.3. The summed E-state index contributed by atoms with van der Waals surface area (Å²) in [5.41, 5.74) is -0.660. The molecule has 9 heteroatoms. The van der Waals surface area contributed by atoms with Gasteiger partial charge in [-0.1, -0.05) is 0 Å². The number of carbonyl (C=O) groups is 1. The number of alkyl halides is 3. The van der Waals surface area contributed by atoms with E-state index in [1.165, 1.54) is 17.9 Å². The number of aryl methyl sites for hydroxylation is 1. The molecule has 0 radical (unpaired) electrons. The van der Waals surface area contributed by atoms with Gasteiger partial charge in [0.2, 0.25) is 5.91 Å². The number of nitrogens with zero attached hydrogens (tertiary/aromatic N) is 2. The van der Waals surface area contributed by atoms with Crippen molar-refractivity contribution in [2.75, 3.05) is 0 Å². The van der Waals surface area contributed by atoms with Crippen molar-refractivity contribution in [3.05, 3.63) is 40.0 Å². The van der Waals surface area contributed by atoms with Crippen LogP contribution in [0, 0.1) is 6.92 Å². The standard InChI is InChI=1S/C13H13BrF3N3O2/c1-8-11(14)12(13(15,16)17)19-20(8)5-4-10(21)18-7-9-3-2-6-22-9/h2-3,6H,4-5,7H2,1H3,(H,18,21). The topological polar surface area (TPSA) is 60.1 Å². The first-order chi connectivity index (χ1) is 10.3. The van der Waals surface area contributed by atoms with E-state index >= 15 is 0 Å². The van der Waals surface area contributed by atoms with Crippen molar-refractivity contribution in [2.45, 2.75) is 32.6 Å². The SMILES string of the molecule is Cc1c(Br)c(C(F)(F)F)nn1CCC(=O)NCc1ccco1. The molecule has 0 aromatic carbocycles. The van der Waals surface area contributed by atoms with Crippen molar-refractivity contribution in [2.24, 2.45) is 0 Å². The normalized spacial score (nSPS) is 11.7.